The molecule has 0 saturated heterocycles. The van der Waals surface area contributed by atoms with Gasteiger partial charge in [-0.25, -0.2) is 0 Å². The summed E-state index contributed by atoms with van der Waals surface area (Å²) in [7, 11) is 0. The topological polar surface area (TPSA) is 17.1 Å². The van der Waals surface area contributed by atoms with Gasteiger partial charge in [0.25, 0.3) is 0 Å². The molecular formula is C8H12O. The number of carbonyl (C=O) groups excluding carboxylic acids is 1. The normalized spacial score (nSPS) is 13.6. The quantitative estimate of drug-likeness (QED) is 0.415. The highest BCUT2D eigenvalue weighted by atomic mass is 16.1. The molecule has 9 heavy (non-hydrogen) atoms. The summed E-state index contributed by atoms with van der Waals surface area (Å²) in [5.74, 6) is 0.0155. The van der Waals surface area contributed by atoms with Gasteiger partial charge in [-0.05, 0) is 6.92 Å². The van der Waals surface area contributed by atoms with Crippen molar-refractivity contribution in [2.45, 2.75) is 13.8 Å². The van der Waals surface area contributed by atoms with Crippen LogP contribution in [0.1, 0.15) is 13.8 Å². The Morgan fingerprint density at radius 3 is 2.56 bits per heavy atom. The van der Waals surface area contributed by atoms with Gasteiger partial charge in [-0.15, -0.1) is 0 Å². The van der Waals surface area contributed by atoms with Crippen LogP contribution in [0.5, 0.6) is 0 Å². The maximum atomic E-state index is 10.0. The average molecular weight is 124 g/mol. The van der Waals surface area contributed by atoms with Crippen molar-refractivity contribution in [3.63, 3.8) is 0 Å². The Labute approximate surface area is 56.1 Å². The molecule has 0 bridgehead atoms. The Kier molecular flexibility index (Phi) is 3.69. The zero-order valence-corrected chi connectivity index (χ0v) is 5.92. The van der Waals surface area contributed by atoms with E-state index in [9.17, 15) is 4.79 Å². The lowest BCUT2D eigenvalue weighted by molar-refractivity contribution is -0.109. The number of allylic oxidation sites excluding steroid dienone is 3. The molecule has 0 amide bonds. The molecule has 1 unspecified atom stereocenters. The zero-order valence-electron chi connectivity index (χ0n) is 5.92. The molecule has 0 radical (unpaired) electrons. The van der Waals surface area contributed by atoms with Gasteiger partial charge >= 0.3 is 0 Å². The molecule has 0 aromatic carbocycles. The summed E-state index contributed by atoms with van der Waals surface area (Å²) in [5.41, 5.74) is 0.976. The summed E-state index contributed by atoms with van der Waals surface area (Å²) in [6, 6.07) is 0. The summed E-state index contributed by atoms with van der Waals surface area (Å²) in [6.45, 7) is 7.40. The molecule has 0 spiro atoms. The van der Waals surface area contributed by atoms with E-state index in [0.717, 1.165) is 11.9 Å². The van der Waals surface area contributed by atoms with E-state index in [0.29, 0.717) is 0 Å². The molecule has 0 rings (SSSR count). The number of hydrogen-bond donors (Lipinski definition) is 0. The number of rotatable bonds is 3. The zero-order chi connectivity index (χ0) is 7.28. The first-order chi connectivity index (χ1) is 4.16. The van der Waals surface area contributed by atoms with E-state index in [4.69, 9.17) is 0 Å². The maximum Gasteiger partial charge on any atom is 0.126 e. The Hall–Kier alpha value is -0.850. The van der Waals surface area contributed by atoms with E-state index in [1.54, 1.807) is 0 Å². The highest BCUT2D eigenvalue weighted by molar-refractivity contribution is 5.55. The number of carbonyl (C=O) groups is 1. The van der Waals surface area contributed by atoms with Crippen molar-refractivity contribution in [3.05, 3.63) is 24.3 Å². The first-order valence-corrected chi connectivity index (χ1v) is 2.96. The van der Waals surface area contributed by atoms with Crippen LogP contribution in [0.4, 0.5) is 0 Å². The molecule has 0 aliphatic heterocycles. The van der Waals surface area contributed by atoms with Crippen LogP contribution in [-0.4, -0.2) is 6.29 Å². The fraction of sp³-hybridized carbons (Fsp3) is 0.375. The van der Waals surface area contributed by atoms with Crippen molar-refractivity contribution < 1.29 is 4.79 Å². The first-order valence-electron chi connectivity index (χ1n) is 2.96. The molecule has 1 heteroatoms. The van der Waals surface area contributed by atoms with Gasteiger partial charge in [0.15, 0.2) is 0 Å². The first kappa shape index (κ1) is 8.15. The van der Waals surface area contributed by atoms with Crippen LogP contribution in [-0.2, 0) is 4.79 Å². The van der Waals surface area contributed by atoms with Gasteiger partial charge in [-0.2, -0.15) is 0 Å². The molecule has 50 valence electrons. The Morgan fingerprint density at radius 1 is 1.67 bits per heavy atom. The lowest BCUT2D eigenvalue weighted by atomic mass is 10.2. The van der Waals surface area contributed by atoms with Gasteiger partial charge in [0.1, 0.15) is 6.29 Å². The fourth-order valence-electron chi connectivity index (χ4n) is 0.361. The van der Waals surface area contributed by atoms with Crippen molar-refractivity contribution in [2.24, 2.45) is 5.92 Å². The van der Waals surface area contributed by atoms with Gasteiger partial charge < -0.3 is 4.79 Å². The molecule has 0 aliphatic carbocycles. The summed E-state index contributed by atoms with van der Waals surface area (Å²) in [6.07, 6.45) is 4.58. The highest BCUT2D eigenvalue weighted by Crippen LogP contribution is 1.95. The SMILES string of the molecule is C=C(C)C=CC(C)C=O. The van der Waals surface area contributed by atoms with Crippen LogP contribution in [0.3, 0.4) is 0 Å². The van der Waals surface area contributed by atoms with E-state index >= 15 is 0 Å². The van der Waals surface area contributed by atoms with Crippen molar-refractivity contribution in [2.75, 3.05) is 0 Å². The predicted octanol–water partition coefficient (Wildman–Crippen LogP) is 1.95. The predicted molar refractivity (Wildman–Crippen MR) is 39.2 cm³/mol. The molecule has 1 atom stereocenters. The molecule has 0 saturated carbocycles. The van der Waals surface area contributed by atoms with E-state index in [1.807, 2.05) is 26.0 Å². The van der Waals surface area contributed by atoms with Crippen molar-refractivity contribution in [1.82, 2.24) is 0 Å². The van der Waals surface area contributed by atoms with Crippen LogP contribution in [0.2, 0.25) is 0 Å². The minimum Gasteiger partial charge on any atom is -0.303 e. The molecule has 0 aromatic heterocycles. The second-order valence-electron chi connectivity index (χ2n) is 2.20. The third kappa shape index (κ3) is 5.01. The molecule has 0 aromatic rings. The van der Waals surface area contributed by atoms with Gasteiger partial charge in [-0.3, -0.25) is 0 Å². The lowest BCUT2D eigenvalue weighted by Crippen LogP contribution is -1.87. The van der Waals surface area contributed by atoms with E-state index < -0.39 is 0 Å². The molecule has 0 N–H and O–H groups in total. The Balaban J connectivity index is 3.69. The second kappa shape index (κ2) is 4.07. The summed E-state index contributed by atoms with van der Waals surface area (Å²) < 4.78 is 0. The molecule has 1 nitrogen and oxygen atoms in total. The molecule has 0 heterocycles. The van der Waals surface area contributed by atoms with Crippen LogP contribution >= 0.6 is 0 Å². The van der Waals surface area contributed by atoms with Crippen molar-refractivity contribution in [3.8, 4) is 0 Å². The summed E-state index contributed by atoms with van der Waals surface area (Å²) >= 11 is 0. The Bertz CT molecular complexity index is 134. The minimum absolute atomic E-state index is 0.0155. The summed E-state index contributed by atoms with van der Waals surface area (Å²) in [5, 5.41) is 0. The second-order valence-corrected chi connectivity index (χ2v) is 2.20. The van der Waals surface area contributed by atoms with Crippen LogP contribution in [0, 0.1) is 5.92 Å². The van der Waals surface area contributed by atoms with Crippen LogP contribution < -0.4 is 0 Å². The number of aldehydes is 1. The standard InChI is InChI=1S/C8H12O/c1-7(2)4-5-8(3)6-9/h4-6,8H,1H2,2-3H3. The average Bonchev–Trinajstić information content (AvgIpc) is 1.83. The smallest absolute Gasteiger partial charge is 0.126 e. The lowest BCUT2D eigenvalue weighted by Gasteiger charge is -1.90. The molecule has 0 fully saturated rings. The van der Waals surface area contributed by atoms with Crippen molar-refractivity contribution in [1.29, 1.82) is 0 Å². The monoisotopic (exact) mass is 124 g/mol. The maximum absolute atomic E-state index is 10.0. The minimum atomic E-state index is 0.0155. The Morgan fingerprint density at radius 2 is 2.22 bits per heavy atom. The highest BCUT2D eigenvalue weighted by Gasteiger charge is 1.88. The van der Waals surface area contributed by atoms with Gasteiger partial charge in [0, 0.05) is 5.92 Å². The van der Waals surface area contributed by atoms with E-state index in [1.165, 1.54) is 0 Å². The van der Waals surface area contributed by atoms with E-state index in [-0.39, 0.29) is 5.92 Å². The fourth-order valence-corrected chi connectivity index (χ4v) is 0.361. The molecule has 0 aliphatic rings. The van der Waals surface area contributed by atoms with E-state index in [2.05, 4.69) is 6.58 Å². The third-order valence-corrected chi connectivity index (χ3v) is 0.899. The largest absolute Gasteiger partial charge is 0.303 e. The molecular weight excluding hydrogens is 112 g/mol. The van der Waals surface area contributed by atoms with Crippen molar-refractivity contribution >= 4 is 6.29 Å². The number of hydrogen-bond acceptors (Lipinski definition) is 1. The van der Waals surface area contributed by atoms with Gasteiger partial charge in [-0.1, -0.05) is 31.2 Å². The van der Waals surface area contributed by atoms with Crippen LogP contribution in [0.15, 0.2) is 24.3 Å². The van der Waals surface area contributed by atoms with Crippen LogP contribution in [0.25, 0.3) is 0 Å². The third-order valence-electron chi connectivity index (χ3n) is 0.899. The summed E-state index contributed by atoms with van der Waals surface area (Å²) in [4.78, 5) is 10.0. The van der Waals surface area contributed by atoms with Gasteiger partial charge in [0.2, 0.25) is 0 Å². The van der Waals surface area contributed by atoms with Gasteiger partial charge in [0.05, 0.1) is 0 Å².